The third-order valence-electron chi connectivity index (χ3n) is 3.82. The molecule has 0 saturated carbocycles. The van der Waals surface area contributed by atoms with Crippen LogP contribution in [0.2, 0.25) is 0 Å². The normalized spacial score (nSPS) is 15.7. The van der Waals surface area contributed by atoms with E-state index in [1.807, 2.05) is 17.9 Å². The summed E-state index contributed by atoms with van der Waals surface area (Å²) in [6.45, 7) is 4.04. The Hall–Kier alpha value is -2.66. The smallest absolute Gasteiger partial charge is 0.480 e. The second-order valence-corrected chi connectivity index (χ2v) is 5.78. The number of morpholine rings is 1. The van der Waals surface area contributed by atoms with E-state index in [9.17, 15) is 22.8 Å². The second-order valence-electron chi connectivity index (χ2n) is 5.78. The number of hydrogen-bond acceptors (Lipinski definition) is 5. The van der Waals surface area contributed by atoms with Gasteiger partial charge in [-0.25, -0.2) is 4.79 Å². The molecule has 1 atom stereocenters. The van der Waals surface area contributed by atoms with Crippen LogP contribution in [0.1, 0.15) is 6.92 Å². The van der Waals surface area contributed by atoms with Crippen LogP contribution in [0.5, 0.6) is 0 Å². The Labute approximate surface area is 159 Å². The number of aliphatic carboxylic acids is 2. The lowest BCUT2D eigenvalue weighted by Gasteiger charge is -2.34. The van der Waals surface area contributed by atoms with Crippen molar-refractivity contribution >= 4 is 23.5 Å². The summed E-state index contributed by atoms with van der Waals surface area (Å²) in [7, 11) is 0. The van der Waals surface area contributed by atoms with Crippen molar-refractivity contribution < 1.29 is 42.5 Å². The van der Waals surface area contributed by atoms with Crippen molar-refractivity contribution in [3.8, 4) is 0 Å². The Morgan fingerprint density at radius 2 is 1.64 bits per heavy atom. The van der Waals surface area contributed by atoms with E-state index in [4.69, 9.17) is 19.7 Å². The summed E-state index contributed by atoms with van der Waals surface area (Å²) in [5, 5.41) is 16.2. The van der Waals surface area contributed by atoms with Gasteiger partial charge in [-0.3, -0.25) is 19.4 Å². The van der Waals surface area contributed by atoms with E-state index in [1.165, 1.54) is 4.90 Å². The average Bonchev–Trinajstić information content (AvgIpc) is 2.66. The van der Waals surface area contributed by atoms with Gasteiger partial charge in [-0.2, -0.15) is 13.2 Å². The Balaban J connectivity index is 0.000000480. The van der Waals surface area contributed by atoms with Crippen LogP contribution in [0, 0.1) is 0 Å². The molecule has 1 fully saturated rings. The molecule has 28 heavy (non-hydrogen) atoms. The number of carboxylic acids is 2. The van der Waals surface area contributed by atoms with E-state index < -0.39 is 18.1 Å². The highest BCUT2D eigenvalue weighted by atomic mass is 19.4. The molecular weight excluding hydrogens is 385 g/mol. The first-order chi connectivity index (χ1) is 13.0. The predicted molar refractivity (Wildman–Crippen MR) is 92.0 cm³/mol. The number of carbonyl (C=O) groups is 3. The summed E-state index contributed by atoms with van der Waals surface area (Å²) >= 11 is 0. The molecule has 0 unspecified atom stereocenters. The molecule has 1 aromatic carbocycles. The maximum Gasteiger partial charge on any atom is 0.490 e. The van der Waals surface area contributed by atoms with Crippen LogP contribution in [0.4, 0.5) is 18.9 Å². The number of benzene rings is 1. The highest BCUT2D eigenvalue weighted by Gasteiger charge is 2.38. The van der Waals surface area contributed by atoms with Crippen LogP contribution < -0.4 is 4.90 Å². The Bertz CT molecular complexity index is 663. The van der Waals surface area contributed by atoms with E-state index in [2.05, 4.69) is 0 Å². The molecule has 0 spiro atoms. The molecule has 1 aliphatic rings. The van der Waals surface area contributed by atoms with Gasteiger partial charge in [-0.15, -0.1) is 0 Å². The van der Waals surface area contributed by atoms with Crippen molar-refractivity contribution in [1.29, 1.82) is 0 Å². The van der Waals surface area contributed by atoms with Gasteiger partial charge < -0.3 is 14.9 Å². The lowest BCUT2D eigenvalue weighted by Crippen LogP contribution is -2.52. The Kier molecular flexibility index (Phi) is 8.86. The van der Waals surface area contributed by atoms with Crippen molar-refractivity contribution in [3.05, 3.63) is 30.3 Å². The minimum atomic E-state index is -5.08. The number of amides is 1. The van der Waals surface area contributed by atoms with Crippen LogP contribution in [0.3, 0.4) is 0 Å². The first-order valence-electron chi connectivity index (χ1n) is 8.24. The topological polar surface area (TPSA) is 107 Å². The third-order valence-corrected chi connectivity index (χ3v) is 3.82. The highest BCUT2D eigenvalue weighted by Crippen LogP contribution is 2.17. The number of anilines is 1. The molecule has 0 aromatic heterocycles. The molecule has 2 N–H and O–H groups in total. The first-order valence-corrected chi connectivity index (χ1v) is 8.24. The van der Waals surface area contributed by atoms with E-state index >= 15 is 0 Å². The second kappa shape index (κ2) is 10.6. The number of carboxylic acid groups (broad SMARTS) is 2. The summed E-state index contributed by atoms with van der Waals surface area (Å²) in [6, 6.07) is 8.53. The molecule has 1 heterocycles. The van der Waals surface area contributed by atoms with Crippen LogP contribution >= 0.6 is 0 Å². The zero-order chi connectivity index (χ0) is 21.3. The lowest BCUT2D eigenvalue weighted by atomic mass is 10.2. The standard InChI is InChI=1S/C15H20N2O4.C2HF3O2/c1-12(16-7-9-21-10-8-16)15(20)17(11-14(18)19)13-5-3-2-4-6-13;3-2(4,5)1(6)7/h2-6,12H,7-11H2,1H3,(H,18,19);(H,6,7)/t12-;/m0./s1. The predicted octanol–water partition coefficient (Wildman–Crippen LogP) is 1.46. The number of para-hydroxylation sites is 1. The van der Waals surface area contributed by atoms with Crippen molar-refractivity contribution in [2.24, 2.45) is 0 Å². The molecule has 0 bridgehead atoms. The monoisotopic (exact) mass is 406 g/mol. The molecule has 11 heteroatoms. The fraction of sp³-hybridized carbons (Fsp3) is 0.471. The molecular formula is C17H21F3N2O6. The average molecular weight is 406 g/mol. The van der Waals surface area contributed by atoms with Crippen molar-refractivity contribution in [2.75, 3.05) is 37.7 Å². The molecule has 0 radical (unpaired) electrons. The molecule has 8 nitrogen and oxygen atoms in total. The number of ether oxygens (including phenoxy) is 1. The van der Waals surface area contributed by atoms with Crippen LogP contribution in [0.25, 0.3) is 0 Å². The van der Waals surface area contributed by atoms with Crippen molar-refractivity contribution in [2.45, 2.75) is 19.1 Å². The summed E-state index contributed by atoms with van der Waals surface area (Å²) in [4.78, 5) is 36.0. The maximum atomic E-state index is 12.7. The molecule has 156 valence electrons. The Morgan fingerprint density at radius 1 is 1.14 bits per heavy atom. The highest BCUT2D eigenvalue weighted by molar-refractivity contribution is 6.00. The lowest BCUT2D eigenvalue weighted by molar-refractivity contribution is -0.192. The zero-order valence-electron chi connectivity index (χ0n) is 15.1. The fourth-order valence-electron chi connectivity index (χ4n) is 2.39. The minimum Gasteiger partial charge on any atom is -0.480 e. The summed E-state index contributed by atoms with van der Waals surface area (Å²) < 4.78 is 37.0. The zero-order valence-corrected chi connectivity index (χ0v) is 15.1. The molecule has 1 amide bonds. The van der Waals surface area contributed by atoms with Crippen LogP contribution in [-0.2, 0) is 19.1 Å². The van der Waals surface area contributed by atoms with Crippen LogP contribution in [0.15, 0.2) is 30.3 Å². The number of carbonyl (C=O) groups excluding carboxylic acids is 1. The van der Waals surface area contributed by atoms with Crippen molar-refractivity contribution in [3.63, 3.8) is 0 Å². The number of hydrogen-bond donors (Lipinski definition) is 2. The van der Waals surface area contributed by atoms with Gasteiger partial charge in [0.25, 0.3) is 0 Å². The van der Waals surface area contributed by atoms with E-state index in [1.54, 1.807) is 24.3 Å². The molecule has 0 aliphatic carbocycles. The first kappa shape index (κ1) is 23.4. The largest absolute Gasteiger partial charge is 0.490 e. The number of halogens is 3. The molecule has 1 aliphatic heterocycles. The van der Waals surface area contributed by atoms with E-state index in [0.29, 0.717) is 32.0 Å². The summed E-state index contributed by atoms with van der Waals surface area (Å²) in [5.74, 6) is -3.99. The minimum absolute atomic E-state index is 0.203. The van der Waals surface area contributed by atoms with Gasteiger partial charge in [0.05, 0.1) is 19.3 Å². The molecule has 1 aromatic rings. The summed E-state index contributed by atoms with van der Waals surface area (Å²) in [5.41, 5.74) is 0.602. The fourth-order valence-corrected chi connectivity index (χ4v) is 2.39. The molecule has 1 saturated heterocycles. The van der Waals surface area contributed by atoms with Gasteiger partial charge >= 0.3 is 18.1 Å². The SMILES string of the molecule is C[C@@H](C(=O)N(CC(=O)O)c1ccccc1)N1CCOCC1.O=C(O)C(F)(F)F. The van der Waals surface area contributed by atoms with Gasteiger partial charge in [0.2, 0.25) is 5.91 Å². The van der Waals surface area contributed by atoms with Gasteiger partial charge in [0.15, 0.2) is 0 Å². The molecule has 2 rings (SSSR count). The van der Waals surface area contributed by atoms with E-state index in [0.717, 1.165) is 0 Å². The number of alkyl halides is 3. The Morgan fingerprint density at radius 3 is 2.07 bits per heavy atom. The van der Waals surface area contributed by atoms with Crippen molar-refractivity contribution in [1.82, 2.24) is 4.90 Å². The third kappa shape index (κ3) is 7.53. The van der Waals surface area contributed by atoms with E-state index in [-0.39, 0.29) is 18.5 Å². The van der Waals surface area contributed by atoms with Gasteiger partial charge in [-0.1, -0.05) is 18.2 Å². The van der Waals surface area contributed by atoms with Gasteiger partial charge in [-0.05, 0) is 19.1 Å². The quantitative estimate of drug-likeness (QED) is 0.762. The maximum absolute atomic E-state index is 12.7. The van der Waals surface area contributed by atoms with Gasteiger partial charge in [0, 0.05) is 18.8 Å². The number of rotatable bonds is 5. The van der Waals surface area contributed by atoms with Gasteiger partial charge in [0.1, 0.15) is 6.54 Å². The number of nitrogens with zero attached hydrogens (tertiary/aromatic N) is 2. The summed E-state index contributed by atoms with van der Waals surface area (Å²) in [6.07, 6.45) is -5.08. The van der Waals surface area contributed by atoms with Crippen LogP contribution in [-0.4, -0.2) is 78.0 Å².